The van der Waals surface area contributed by atoms with Crippen molar-refractivity contribution >= 4 is 0 Å². The van der Waals surface area contributed by atoms with Crippen molar-refractivity contribution < 1.29 is 0 Å². The van der Waals surface area contributed by atoms with Crippen LogP contribution >= 0.6 is 0 Å². The van der Waals surface area contributed by atoms with Crippen molar-refractivity contribution in [1.82, 2.24) is 9.80 Å². The van der Waals surface area contributed by atoms with Gasteiger partial charge in [-0.15, -0.1) is 0 Å². The molecule has 2 atom stereocenters. The maximum atomic E-state index is 2.87. The Morgan fingerprint density at radius 1 is 1.00 bits per heavy atom. The third kappa shape index (κ3) is 2.60. The molecule has 2 saturated heterocycles. The van der Waals surface area contributed by atoms with Crippen molar-refractivity contribution in [1.29, 1.82) is 0 Å². The lowest BCUT2D eigenvalue weighted by Crippen LogP contribution is -2.58. The normalized spacial score (nSPS) is 35.5. The van der Waals surface area contributed by atoms with Gasteiger partial charge in [-0.2, -0.15) is 0 Å². The highest BCUT2D eigenvalue weighted by atomic mass is 15.3. The molecule has 18 heavy (non-hydrogen) atoms. The Balaban J connectivity index is 1.64. The highest BCUT2D eigenvalue weighted by Gasteiger charge is 2.38. The van der Waals surface area contributed by atoms with Crippen LogP contribution in [0.4, 0.5) is 0 Å². The smallest absolute Gasteiger partial charge is 0.0247 e. The van der Waals surface area contributed by atoms with Crippen LogP contribution in [0.15, 0.2) is 0 Å². The molecule has 1 aliphatic carbocycles. The minimum absolute atomic E-state index is 0.813. The van der Waals surface area contributed by atoms with E-state index in [0.717, 1.165) is 23.9 Å². The highest BCUT2D eigenvalue weighted by molar-refractivity contribution is 4.94. The molecule has 1 saturated carbocycles. The molecule has 3 aliphatic rings. The van der Waals surface area contributed by atoms with Crippen molar-refractivity contribution in [3.63, 3.8) is 0 Å². The first kappa shape index (κ1) is 12.9. The molecule has 2 heterocycles. The van der Waals surface area contributed by atoms with Crippen LogP contribution in [0, 0.1) is 11.8 Å². The van der Waals surface area contributed by atoms with Crippen LogP contribution in [-0.2, 0) is 0 Å². The molecular weight excluding hydrogens is 220 g/mol. The maximum absolute atomic E-state index is 2.87. The van der Waals surface area contributed by atoms with Crippen molar-refractivity contribution in [2.75, 3.05) is 26.2 Å². The van der Waals surface area contributed by atoms with E-state index in [4.69, 9.17) is 0 Å². The lowest BCUT2D eigenvalue weighted by molar-refractivity contribution is 0.0198. The first-order valence-electron chi connectivity index (χ1n) is 8.22. The molecule has 3 fully saturated rings. The summed E-state index contributed by atoms with van der Waals surface area (Å²) in [5.41, 5.74) is 0. The zero-order valence-corrected chi connectivity index (χ0v) is 12.3. The van der Waals surface area contributed by atoms with Gasteiger partial charge in [-0.25, -0.2) is 0 Å². The van der Waals surface area contributed by atoms with Crippen LogP contribution < -0.4 is 0 Å². The quantitative estimate of drug-likeness (QED) is 0.760. The van der Waals surface area contributed by atoms with E-state index in [2.05, 4.69) is 23.6 Å². The molecule has 0 aromatic heterocycles. The Morgan fingerprint density at radius 2 is 1.78 bits per heavy atom. The van der Waals surface area contributed by atoms with Gasteiger partial charge >= 0.3 is 0 Å². The Kier molecular flexibility index (Phi) is 3.95. The van der Waals surface area contributed by atoms with E-state index in [-0.39, 0.29) is 0 Å². The SMILES string of the molecule is CC(C)C1CN2CCCC2CN1CC1CCCC1. The van der Waals surface area contributed by atoms with E-state index in [1.807, 2.05) is 0 Å². The molecule has 0 N–H and O–H groups in total. The lowest BCUT2D eigenvalue weighted by atomic mass is 9.95. The number of hydrogen-bond acceptors (Lipinski definition) is 2. The van der Waals surface area contributed by atoms with E-state index < -0.39 is 0 Å². The fourth-order valence-electron chi connectivity index (χ4n) is 4.47. The third-order valence-corrected chi connectivity index (χ3v) is 5.57. The summed E-state index contributed by atoms with van der Waals surface area (Å²) in [6.45, 7) is 10.3. The molecule has 3 rings (SSSR count). The number of hydrogen-bond donors (Lipinski definition) is 0. The predicted molar refractivity (Wildman–Crippen MR) is 76.8 cm³/mol. The largest absolute Gasteiger partial charge is 0.298 e. The van der Waals surface area contributed by atoms with Gasteiger partial charge in [-0.3, -0.25) is 9.80 Å². The van der Waals surface area contributed by atoms with E-state index in [0.29, 0.717) is 0 Å². The molecule has 0 amide bonds. The molecule has 2 aliphatic heterocycles. The van der Waals surface area contributed by atoms with Crippen molar-refractivity contribution in [2.24, 2.45) is 11.8 Å². The third-order valence-electron chi connectivity index (χ3n) is 5.57. The summed E-state index contributed by atoms with van der Waals surface area (Å²) in [5.74, 6) is 1.83. The van der Waals surface area contributed by atoms with Gasteiger partial charge in [0, 0.05) is 31.7 Å². The van der Waals surface area contributed by atoms with E-state index in [9.17, 15) is 0 Å². The fraction of sp³-hybridized carbons (Fsp3) is 1.00. The van der Waals surface area contributed by atoms with Gasteiger partial charge in [0.1, 0.15) is 0 Å². The van der Waals surface area contributed by atoms with Gasteiger partial charge in [-0.1, -0.05) is 26.7 Å². The molecule has 0 bridgehead atoms. The predicted octanol–water partition coefficient (Wildman–Crippen LogP) is 2.98. The number of piperazine rings is 1. The molecule has 0 aromatic rings. The second kappa shape index (κ2) is 5.50. The van der Waals surface area contributed by atoms with Crippen LogP contribution in [0.2, 0.25) is 0 Å². The highest BCUT2D eigenvalue weighted by Crippen LogP contribution is 2.31. The zero-order chi connectivity index (χ0) is 12.5. The number of nitrogens with zero attached hydrogens (tertiary/aromatic N) is 2. The summed E-state index contributed by atoms with van der Waals surface area (Å²) in [7, 11) is 0. The minimum Gasteiger partial charge on any atom is -0.298 e. The van der Waals surface area contributed by atoms with E-state index in [1.54, 1.807) is 0 Å². The zero-order valence-electron chi connectivity index (χ0n) is 12.3. The fourth-order valence-corrected chi connectivity index (χ4v) is 4.47. The second-order valence-electron chi connectivity index (χ2n) is 7.21. The Labute approximate surface area is 113 Å². The van der Waals surface area contributed by atoms with Crippen LogP contribution in [0.5, 0.6) is 0 Å². The van der Waals surface area contributed by atoms with Crippen molar-refractivity contribution in [3.05, 3.63) is 0 Å². The second-order valence-corrected chi connectivity index (χ2v) is 7.21. The molecule has 2 heteroatoms. The average Bonchev–Trinajstić information content (AvgIpc) is 2.97. The van der Waals surface area contributed by atoms with E-state index >= 15 is 0 Å². The summed E-state index contributed by atoms with van der Waals surface area (Å²) in [5, 5.41) is 0. The van der Waals surface area contributed by atoms with Crippen LogP contribution in [0.3, 0.4) is 0 Å². The average molecular weight is 250 g/mol. The molecule has 0 spiro atoms. The summed E-state index contributed by atoms with van der Waals surface area (Å²) in [6, 6.07) is 1.71. The standard InChI is InChI=1S/C16H30N2/c1-13(2)16-12-17-9-5-8-15(17)11-18(16)10-14-6-3-4-7-14/h13-16H,3-12H2,1-2H3. The van der Waals surface area contributed by atoms with Crippen LogP contribution in [0.1, 0.15) is 52.4 Å². The first-order valence-corrected chi connectivity index (χ1v) is 8.22. The molecule has 2 unspecified atom stereocenters. The van der Waals surface area contributed by atoms with Crippen molar-refractivity contribution in [2.45, 2.75) is 64.5 Å². The number of rotatable bonds is 3. The van der Waals surface area contributed by atoms with Gasteiger partial charge in [0.25, 0.3) is 0 Å². The molecule has 0 radical (unpaired) electrons. The van der Waals surface area contributed by atoms with Gasteiger partial charge in [0.05, 0.1) is 0 Å². The summed E-state index contributed by atoms with van der Waals surface area (Å²) in [4.78, 5) is 5.64. The topological polar surface area (TPSA) is 6.48 Å². The minimum atomic E-state index is 0.813. The number of fused-ring (bicyclic) bond motifs is 1. The van der Waals surface area contributed by atoms with Gasteiger partial charge in [0.2, 0.25) is 0 Å². The maximum Gasteiger partial charge on any atom is 0.0247 e. The molecular formula is C16H30N2. The van der Waals surface area contributed by atoms with Crippen molar-refractivity contribution in [3.8, 4) is 0 Å². The van der Waals surface area contributed by atoms with Gasteiger partial charge in [0.15, 0.2) is 0 Å². The van der Waals surface area contributed by atoms with Gasteiger partial charge < -0.3 is 0 Å². The van der Waals surface area contributed by atoms with E-state index in [1.165, 1.54) is 64.7 Å². The first-order chi connectivity index (χ1) is 8.74. The molecule has 0 aromatic carbocycles. The molecule has 2 nitrogen and oxygen atoms in total. The molecule has 104 valence electrons. The Bertz CT molecular complexity index is 268. The lowest BCUT2D eigenvalue weighted by Gasteiger charge is -2.46. The Hall–Kier alpha value is -0.0800. The monoisotopic (exact) mass is 250 g/mol. The summed E-state index contributed by atoms with van der Waals surface area (Å²) < 4.78 is 0. The van der Waals surface area contributed by atoms with Crippen LogP contribution in [0.25, 0.3) is 0 Å². The van der Waals surface area contributed by atoms with Gasteiger partial charge in [-0.05, 0) is 44.1 Å². The van der Waals surface area contributed by atoms with Crippen LogP contribution in [-0.4, -0.2) is 48.1 Å². The Morgan fingerprint density at radius 3 is 2.50 bits per heavy atom. The summed E-state index contributed by atoms with van der Waals surface area (Å²) >= 11 is 0. The summed E-state index contributed by atoms with van der Waals surface area (Å²) in [6.07, 6.45) is 8.85.